The number of non-ortho nitro benzene ring substituents is 1. The van der Waals surface area contributed by atoms with E-state index in [9.17, 15) is 28.6 Å². The van der Waals surface area contributed by atoms with Gasteiger partial charge < -0.3 is 4.74 Å². The molecule has 0 spiro atoms. The summed E-state index contributed by atoms with van der Waals surface area (Å²) in [5.74, 6) is -0.760. The maximum Gasteiger partial charge on any atom is 0.317 e. The van der Waals surface area contributed by atoms with Crippen LogP contribution >= 0.6 is 0 Å². The fourth-order valence-electron chi connectivity index (χ4n) is 1.31. The topological polar surface area (TPSA) is 150 Å². The Morgan fingerprint density at radius 1 is 1.20 bits per heavy atom. The molecule has 110 valence electrons. The molecule has 0 aliphatic carbocycles. The highest BCUT2D eigenvalue weighted by Gasteiger charge is 2.20. The van der Waals surface area contributed by atoms with Crippen molar-refractivity contribution in [3.05, 3.63) is 38.4 Å². The molecule has 20 heavy (non-hydrogen) atoms. The van der Waals surface area contributed by atoms with E-state index in [-0.39, 0.29) is 18.8 Å². The van der Waals surface area contributed by atoms with E-state index in [1.807, 2.05) is 0 Å². The van der Waals surface area contributed by atoms with Gasteiger partial charge in [-0.3, -0.25) is 24.8 Å². The van der Waals surface area contributed by atoms with Crippen LogP contribution in [0.3, 0.4) is 0 Å². The van der Waals surface area contributed by atoms with E-state index < -0.39 is 37.1 Å². The fraction of sp³-hybridized carbons (Fsp3) is 0.333. The van der Waals surface area contributed by atoms with Gasteiger partial charge in [0.1, 0.15) is 0 Å². The fourth-order valence-corrected chi connectivity index (χ4v) is 1.79. The Morgan fingerprint density at radius 3 is 2.35 bits per heavy atom. The summed E-state index contributed by atoms with van der Waals surface area (Å²) in [5.41, 5.74) is -1.05. The van der Waals surface area contributed by atoms with Crippen LogP contribution in [0.5, 0.6) is 5.75 Å². The summed E-state index contributed by atoms with van der Waals surface area (Å²) in [5, 5.41) is 21.3. The molecule has 0 fully saturated rings. The predicted molar refractivity (Wildman–Crippen MR) is 66.3 cm³/mol. The van der Waals surface area contributed by atoms with Crippen LogP contribution in [0.25, 0.3) is 0 Å². The minimum absolute atomic E-state index is 0.0764. The number of ether oxygens (including phenoxy) is 1. The zero-order valence-corrected chi connectivity index (χ0v) is 10.8. The standard InChI is InChI=1S/C9H10N2O8S/c12-10(13)7-2-3-9(8(6-7)11(14)15)19-4-1-5-20(16,17)18/h2-3,6H,1,4-5H2,(H,16,17,18). The predicted octanol–water partition coefficient (Wildman–Crippen LogP) is 1.16. The van der Waals surface area contributed by atoms with Crippen LogP contribution in [0.4, 0.5) is 11.4 Å². The molecule has 0 unspecified atom stereocenters. The smallest absolute Gasteiger partial charge is 0.317 e. The maximum absolute atomic E-state index is 10.8. The van der Waals surface area contributed by atoms with Crippen molar-refractivity contribution in [3.8, 4) is 5.75 Å². The average molecular weight is 306 g/mol. The molecule has 10 nitrogen and oxygen atoms in total. The molecule has 0 aliphatic heterocycles. The number of nitro groups is 2. The second-order valence-corrected chi connectivity index (χ2v) is 5.23. The zero-order valence-electron chi connectivity index (χ0n) is 9.96. The van der Waals surface area contributed by atoms with Crippen LogP contribution in [0.1, 0.15) is 6.42 Å². The van der Waals surface area contributed by atoms with E-state index in [0.29, 0.717) is 0 Å². The second kappa shape index (κ2) is 6.25. The molecule has 1 aromatic rings. The third-order valence-electron chi connectivity index (χ3n) is 2.15. The van der Waals surface area contributed by atoms with Crippen molar-refractivity contribution in [3.63, 3.8) is 0 Å². The highest BCUT2D eigenvalue weighted by molar-refractivity contribution is 7.85. The summed E-state index contributed by atoms with van der Waals surface area (Å²) in [6.07, 6.45) is -0.0764. The molecule has 0 saturated heterocycles. The largest absolute Gasteiger partial charge is 0.487 e. The SMILES string of the molecule is O=[N+]([O-])c1ccc(OCCCS(=O)(=O)O)c([N+](=O)[O-])c1. The molecular weight excluding hydrogens is 296 g/mol. The first-order valence-corrected chi connectivity index (χ1v) is 6.82. The molecule has 0 aromatic heterocycles. The van der Waals surface area contributed by atoms with Crippen LogP contribution in [0, 0.1) is 20.2 Å². The Bertz CT molecular complexity index is 627. The lowest BCUT2D eigenvalue weighted by molar-refractivity contribution is -0.394. The Balaban J connectivity index is 2.79. The summed E-state index contributed by atoms with van der Waals surface area (Å²) in [4.78, 5) is 19.6. The van der Waals surface area contributed by atoms with Gasteiger partial charge in [0.2, 0.25) is 0 Å². The maximum atomic E-state index is 10.8. The van der Waals surface area contributed by atoms with Gasteiger partial charge in [-0.05, 0) is 12.5 Å². The molecule has 1 rings (SSSR count). The van der Waals surface area contributed by atoms with Crippen LogP contribution in [0.15, 0.2) is 18.2 Å². The van der Waals surface area contributed by atoms with Gasteiger partial charge in [-0.1, -0.05) is 0 Å². The Morgan fingerprint density at radius 2 is 1.85 bits per heavy atom. The molecule has 0 saturated carbocycles. The highest BCUT2D eigenvalue weighted by Crippen LogP contribution is 2.30. The third kappa shape index (κ3) is 4.78. The molecule has 0 amide bonds. The molecule has 0 radical (unpaired) electrons. The van der Waals surface area contributed by atoms with Crippen LogP contribution in [0.2, 0.25) is 0 Å². The van der Waals surface area contributed by atoms with E-state index >= 15 is 0 Å². The second-order valence-electron chi connectivity index (χ2n) is 3.65. The molecule has 0 bridgehead atoms. The van der Waals surface area contributed by atoms with Gasteiger partial charge in [-0.15, -0.1) is 0 Å². The van der Waals surface area contributed by atoms with Gasteiger partial charge in [-0.25, -0.2) is 0 Å². The van der Waals surface area contributed by atoms with E-state index in [1.165, 1.54) is 0 Å². The van der Waals surface area contributed by atoms with Crippen molar-refractivity contribution in [2.45, 2.75) is 6.42 Å². The molecule has 1 N–H and O–H groups in total. The molecule has 0 aliphatic rings. The first kappa shape index (κ1) is 15.8. The Hall–Kier alpha value is -2.27. The van der Waals surface area contributed by atoms with Gasteiger partial charge in [-0.2, -0.15) is 8.42 Å². The quantitative estimate of drug-likeness (QED) is 0.341. The highest BCUT2D eigenvalue weighted by atomic mass is 32.2. The zero-order chi connectivity index (χ0) is 15.3. The molecule has 0 heterocycles. The van der Waals surface area contributed by atoms with Gasteiger partial charge in [0.15, 0.2) is 5.75 Å². The Kier molecular flexibility index (Phi) is 4.94. The lowest BCUT2D eigenvalue weighted by atomic mass is 10.2. The first-order valence-electron chi connectivity index (χ1n) is 5.21. The van der Waals surface area contributed by atoms with Gasteiger partial charge in [0, 0.05) is 6.07 Å². The summed E-state index contributed by atoms with van der Waals surface area (Å²) in [6, 6.07) is 2.84. The molecule has 1 aromatic carbocycles. The summed E-state index contributed by atoms with van der Waals surface area (Å²) in [7, 11) is -4.13. The van der Waals surface area contributed by atoms with Crippen molar-refractivity contribution < 1.29 is 27.6 Å². The summed E-state index contributed by atoms with van der Waals surface area (Å²) >= 11 is 0. The van der Waals surface area contributed by atoms with Crippen LogP contribution in [-0.2, 0) is 10.1 Å². The van der Waals surface area contributed by atoms with Crippen molar-refractivity contribution in [1.82, 2.24) is 0 Å². The third-order valence-corrected chi connectivity index (χ3v) is 2.96. The van der Waals surface area contributed by atoms with E-state index in [4.69, 9.17) is 9.29 Å². The number of hydrogen-bond acceptors (Lipinski definition) is 7. The van der Waals surface area contributed by atoms with E-state index in [1.54, 1.807) is 0 Å². The normalized spacial score (nSPS) is 11.1. The van der Waals surface area contributed by atoms with E-state index in [2.05, 4.69) is 0 Å². The van der Waals surface area contributed by atoms with Gasteiger partial charge in [0.25, 0.3) is 15.8 Å². The monoisotopic (exact) mass is 306 g/mol. The van der Waals surface area contributed by atoms with Gasteiger partial charge >= 0.3 is 5.69 Å². The van der Waals surface area contributed by atoms with Crippen molar-refractivity contribution in [1.29, 1.82) is 0 Å². The molecular formula is C9H10N2O8S. The number of hydrogen-bond donors (Lipinski definition) is 1. The number of benzene rings is 1. The Labute approximate surface area is 113 Å². The van der Waals surface area contributed by atoms with Crippen molar-refractivity contribution >= 4 is 21.5 Å². The van der Waals surface area contributed by atoms with Crippen molar-refractivity contribution in [2.75, 3.05) is 12.4 Å². The first-order chi connectivity index (χ1) is 9.20. The lowest BCUT2D eigenvalue weighted by Crippen LogP contribution is -2.09. The van der Waals surface area contributed by atoms with E-state index in [0.717, 1.165) is 18.2 Å². The number of nitrogens with zero attached hydrogens (tertiary/aromatic N) is 2. The number of nitro benzene ring substituents is 2. The minimum Gasteiger partial charge on any atom is -0.487 e. The van der Waals surface area contributed by atoms with Crippen molar-refractivity contribution in [2.24, 2.45) is 0 Å². The average Bonchev–Trinajstić information content (AvgIpc) is 2.33. The number of rotatable bonds is 7. The minimum atomic E-state index is -4.13. The van der Waals surface area contributed by atoms with Gasteiger partial charge in [0.05, 0.1) is 28.3 Å². The molecule has 11 heteroatoms. The van der Waals surface area contributed by atoms with Crippen LogP contribution < -0.4 is 4.74 Å². The van der Waals surface area contributed by atoms with Crippen LogP contribution in [-0.4, -0.2) is 35.2 Å². The molecule has 0 atom stereocenters. The summed E-state index contributed by atoms with van der Waals surface area (Å²) in [6.45, 7) is -0.196. The summed E-state index contributed by atoms with van der Waals surface area (Å²) < 4.78 is 34.4. The lowest BCUT2D eigenvalue weighted by Gasteiger charge is -2.05.